The molecule has 2 N–H and O–H groups in total. The zero-order chi connectivity index (χ0) is 12.0. The van der Waals surface area contributed by atoms with E-state index in [1.807, 2.05) is 7.05 Å². The highest BCUT2D eigenvalue weighted by Gasteiger charge is 2.00. The van der Waals surface area contributed by atoms with E-state index in [4.69, 9.17) is 0 Å². The molecule has 0 aromatic heterocycles. The Bertz CT molecular complexity index is 332. The van der Waals surface area contributed by atoms with Crippen molar-refractivity contribution in [3.8, 4) is 0 Å². The van der Waals surface area contributed by atoms with E-state index < -0.39 is 0 Å². The molecule has 2 heteroatoms. The summed E-state index contributed by atoms with van der Waals surface area (Å²) in [6.45, 7) is 8.67. The maximum absolute atomic E-state index is 3.51. The third kappa shape index (κ3) is 3.86. The summed E-state index contributed by atoms with van der Waals surface area (Å²) in [5, 5.41) is 6.68. The van der Waals surface area contributed by atoms with Gasteiger partial charge in [-0.05, 0) is 70.0 Å². The summed E-state index contributed by atoms with van der Waals surface area (Å²) in [4.78, 5) is 0. The Morgan fingerprint density at radius 1 is 0.875 bits per heavy atom. The number of nitrogens with one attached hydrogen (secondary N) is 2. The van der Waals surface area contributed by atoms with Crippen LogP contribution in [0.2, 0.25) is 0 Å². The van der Waals surface area contributed by atoms with Crippen molar-refractivity contribution in [2.75, 3.05) is 25.5 Å². The van der Waals surface area contributed by atoms with Crippen LogP contribution in [0, 0.1) is 20.8 Å². The molecule has 0 aliphatic rings. The molecule has 0 saturated heterocycles. The predicted octanol–water partition coefficient (Wildman–Crippen LogP) is 3.02. The molecule has 16 heavy (non-hydrogen) atoms. The van der Waals surface area contributed by atoms with Gasteiger partial charge >= 0.3 is 0 Å². The molecule has 0 heterocycles. The lowest BCUT2D eigenvalue weighted by Gasteiger charge is -2.12. The second kappa shape index (κ2) is 6.54. The van der Waals surface area contributed by atoms with Gasteiger partial charge in [0.15, 0.2) is 0 Å². The first-order valence-electron chi connectivity index (χ1n) is 6.11. The zero-order valence-corrected chi connectivity index (χ0v) is 11.0. The fourth-order valence-corrected chi connectivity index (χ4v) is 1.80. The fraction of sp³-hybridized carbons (Fsp3) is 0.571. The zero-order valence-electron chi connectivity index (χ0n) is 11.0. The van der Waals surface area contributed by atoms with Crippen LogP contribution in [0.15, 0.2) is 12.1 Å². The molecule has 0 fully saturated rings. The van der Waals surface area contributed by atoms with Crippen molar-refractivity contribution in [2.24, 2.45) is 0 Å². The van der Waals surface area contributed by atoms with Crippen LogP contribution in [-0.4, -0.2) is 20.1 Å². The molecule has 0 bridgehead atoms. The average Bonchev–Trinajstić information content (AvgIpc) is 2.25. The van der Waals surface area contributed by atoms with Gasteiger partial charge in [0.1, 0.15) is 0 Å². The quantitative estimate of drug-likeness (QED) is 0.720. The van der Waals surface area contributed by atoms with Crippen molar-refractivity contribution in [2.45, 2.75) is 33.6 Å². The largest absolute Gasteiger partial charge is 0.385 e. The summed E-state index contributed by atoms with van der Waals surface area (Å²) in [6, 6.07) is 4.51. The third-order valence-corrected chi connectivity index (χ3v) is 3.01. The number of rotatable bonds is 6. The number of hydrogen-bond donors (Lipinski definition) is 2. The minimum Gasteiger partial charge on any atom is -0.385 e. The molecule has 0 unspecified atom stereocenters. The molecular formula is C14H24N2. The van der Waals surface area contributed by atoms with E-state index in [0.29, 0.717) is 0 Å². The van der Waals surface area contributed by atoms with Crippen LogP contribution < -0.4 is 10.6 Å². The van der Waals surface area contributed by atoms with Crippen molar-refractivity contribution >= 4 is 5.69 Å². The highest BCUT2D eigenvalue weighted by Crippen LogP contribution is 2.19. The van der Waals surface area contributed by atoms with Crippen molar-refractivity contribution in [3.05, 3.63) is 28.8 Å². The standard InChI is InChI=1S/C14H24N2/c1-11-9-13(3)14(10-12(11)2)16-8-6-5-7-15-4/h9-10,15-16H,5-8H2,1-4H3. The average molecular weight is 220 g/mol. The molecule has 1 aromatic carbocycles. The van der Waals surface area contributed by atoms with Gasteiger partial charge in [-0.2, -0.15) is 0 Å². The molecule has 0 radical (unpaired) electrons. The first kappa shape index (κ1) is 13.0. The van der Waals surface area contributed by atoms with Gasteiger partial charge in [-0.25, -0.2) is 0 Å². The molecule has 0 aliphatic heterocycles. The summed E-state index contributed by atoms with van der Waals surface area (Å²) in [5.74, 6) is 0. The van der Waals surface area contributed by atoms with Gasteiger partial charge in [-0.1, -0.05) is 6.07 Å². The number of anilines is 1. The van der Waals surface area contributed by atoms with Gasteiger partial charge in [0.05, 0.1) is 0 Å². The second-order valence-corrected chi connectivity index (χ2v) is 4.49. The summed E-state index contributed by atoms with van der Waals surface area (Å²) in [7, 11) is 2.00. The summed E-state index contributed by atoms with van der Waals surface area (Å²) in [5.41, 5.74) is 5.37. The molecule has 0 atom stereocenters. The Morgan fingerprint density at radius 2 is 1.50 bits per heavy atom. The van der Waals surface area contributed by atoms with Crippen LogP contribution in [0.4, 0.5) is 5.69 Å². The monoisotopic (exact) mass is 220 g/mol. The summed E-state index contributed by atoms with van der Waals surface area (Å²) >= 11 is 0. The maximum atomic E-state index is 3.51. The molecule has 0 amide bonds. The predicted molar refractivity (Wildman–Crippen MR) is 72.3 cm³/mol. The SMILES string of the molecule is CNCCCCNc1cc(C)c(C)cc1C. The summed E-state index contributed by atoms with van der Waals surface area (Å²) < 4.78 is 0. The fourth-order valence-electron chi connectivity index (χ4n) is 1.80. The van der Waals surface area contributed by atoms with Crippen LogP contribution >= 0.6 is 0 Å². The topological polar surface area (TPSA) is 24.1 Å². The van der Waals surface area contributed by atoms with E-state index in [1.165, 1.54) is 35.2 Å². The van der Waals surface area contributed by atoms with E-state index in [0.717, 1.165) is 13.1 Å². The number of hydrogen-bond acceptors (Lipinski definition) is 2. The van der Waals surface area contributed by atoms with Crippen molar-refractivity contribution in [1.82, 2.24) is 5.32 Å². The molecule has 2 nitrogen and oxygen atoms in total. The highest BCUT2D eigenvalue weighted by molar-refractivity contribution is 5.54. The Balaban J connectivity index is 2.45. The van der Waals surface area contributed by atoms with E-state index >= 15 is 0 Å². The van der Waals surface area contributed by atoms with Crippen molar-refractivity contribution < 1.29 is 0 Å². The van der Waals surface area contributed by atoms with E-state index in [9.17, 15) is 0 Å². The van der Waals surface area contributed by atoms with Gasteiger partial charge in [-0.15, -0.1) is 0 Å². The molecule has 90 valence electrons. The molecule has 0 saturated carbocycles. The van der Waals surface area contributed by atoms with E-state index in [2.05, 4.69) is 43.5 Å². The van der Waals surface area contributed by atoms with Gasteiger partial charge in [0.2, 0.25) is 0 Å². The minimum atomic E-state index is 1.06. The van der Waals surface area contributed by atoms with Gasteiger partial charge in [-0.3, -0.25) is 0 Å². The molecule has 1 aromatic rings. The lowest BCUT2D eigenvalue weighted by atomic mass is 10.0. The van der Waals surface area contributed by atoms with Gasteiger partial charge in [0, 0.05) is 12.2 Å². The smallest absolute Gasteiger partial charge is 0.0372 e. The van der Waals surface area contributed by atoms with Crippen LogP contribution in [0.5, 0.6) is 0 Å². The number of aryl methyl sites for hydroxylation is 3. The van der Waals surface area contributed by atoms with Crippen LogP contribution in [0.3, 0.4) is 0 Å². The highest BCUT2D eigenvalue weighted by atomic mass is 14.9. The molecular weight excluding hydrogens is 196 g/mol. The van der Waals surface area contributed by atoms with Crippen LogP contribution in [-0.2, 0) is 0 Å². The van der Waals surface area contributed by atoms with Crippen LogP contribution in [0.25, 0.3) is 0 Å². The minimum absolute atomic E-state index is 1.06. The van der Waals surface area contributed by atoms with Crippen molar-refractivity contribution in [1.29, 1.82) is 0 Å². The van der Waals surface area contributed by atoms with Crippen LogP contribution in [0.1, 0.15) is 29.5 Å². The molecule has 1 rings (SSSR count). The van der Waals surface area contributed by atoms with E-state index in [1.54, 1.807) is 0 Å². The van der Waals surface area contributed by atoms with Crippen molar-refractivity contribution in [3.63, 3.8) is 0 Å². The molecule has 0 spiro atoms. The third-order valence-electron chi connectivity index (χ3n) is 3.01. The number of benzene rings is 1. The second-order valence-electron chi connectivity index (χ2n) is 4.49. The normalized spacial score (nSPS) is 10.5. The van der Waals surface area contributed by atoms with E-state index in [-0.39, 0.29) is 0 Å². The van der Waals surface area contributed by atoms with Gasteiger partial charge < -0.3 is 10.6 Å². The lowest BCUT2D eigenvalue weighted by Crippen LogP contribution is -2.10. The van der Waals surface area contributed by atoms with Gasteiger partial charge in [0.25, 0.3) is 0 Å². The Morgan fingerprint density at radius 3 is 2.19 bits per heavy atom. The Labute approximate surface area is 99.5 Å². The first-order valence-corrected chi connectivity index (χ1v) is 6.11. The summed E-state index contributed by atoms with van der Waals surface area (Å²) in [6.07, 6.45) is 2.45. The first-order chi connectivity index (χ1) is 7.65. The Hall–Kier alpha value is -1.02. The Kier molecular flexibility index (Phi) is 5.33. The molecule has 0 aliphatic carbocycles. The number of unbranched alkanes of at least 4 members (excludes halogenated alkanes) is 1. The maximum Gasteiger partial charge on any atom is 0.0372 e. The lowest BCUT2D eigenvalue weighted by molar-refractivity contribution is 0.694.